The first-order valence-corrected chi connectivity index (χ1v) is 10.2. The van der Waals surface area contributed by atoms with E-state index in [9.17, 15) is 14.7 Å². The van der Waals surface area contributed by atoms with Crippen LogP contribution in [-0.4, -0.2) is 44.0 Å². The average Bonchev–Trinajstić information content (AvgIpc) is 3.13. The van der Waals surface area contributed by atoms with Crippen LogP contribution in [0, 0.1) is 0 Å². The van der Waals surface area contributed by atoms with E-state index in [4.69, 9.17) is 4.98 Å². The molecule has 2 aromatic heterocycles. The van der Waals surface area contributed by atoms with Crippen molar-refractivity contribution in [2.45, 2.75) is 31.1 Å². The van der Waals surface area contributed by atoms with Crippen LogP contribution in [0.4, 0.5) is 0 Å². The molecule has 7 nitrogen and oxygen atoms in total. The highest BCUT2D eigenvalue weighted by Crippen LogP contribution is 2.44. The highest BCUT2D eigenvalue weighted by atomic mass is 16.3. The molecule has 1 aliphatic heterocycles. The first-order valence-electron chi connectivity index (χ1n) is 10.2. The van der Waals surface area contributed by atoms with E-state index in [0.29, 0.717) is 24.5 Å². The lowest BCUT2D eigenvalue weighted by molar-refractivity contribution is 0.0663. The van der Waals surface area contributed by atoms with E-state index in [-0.39, 0.29) is 22.6 Å². The predicted octanol–water partition coefficient (Wildman–Crippen LogP) is 2.66. The van der Waals surface area contributed by atoms with Crippen molar-refractivity contribution >= 4 is 5.91 Å². The lowest BCUT2D eigenvalue weighted by Crippen LogP contribution is -2.44. The number of H-pyrrole nitrogens is 1. The van der Waals surface area contributed by atoms with Crippen molar-refractivity contribution in [1.29, 1.82) is 0 Å². The van der Waals surface area contributed by atoms with Gasteiger partial charge in [0.25, 0.3) is 11.5 Å². The van der Waals surface area contributed by atoms with Gasteiger partial charge in [0.2, 0.25) is 0 Å². The van der Waals surface area contributed by atoms with E-state index in [1.165, 1.54) is 12.1 Å². The molecule has 2 N–H and O–H groups in total. The van der Waals surface area contributed by atoms with Gasteiger partial charge in [-0.2, -0.15) is 0 Å². The Labute approximate surface area is 173 Å². The largest absolute Gasteiger partial charge is 0.508 e. The van der Waals surface area contributed by atoms with Gasteiger partial charge in [-0.05, 0) is 62.1 Å². The normalized spacial score (nSPS) is 17.1. The summed E-state index contributed by atoms with van der Waals surface area (Å²) in [5, 5.41) is 9.44. The summed E-state index contributed by atoms with van der Waals surface area (Å²) in [5.74, 6) is 0.668. The second-order valence-electron chi connectivity index (χ2n) is 8.10. The molecule has 0 atom stereocenters. The van der Waals surface area contributed by atoms with Crippen molar-refractivity contribution in [3.63, 3.8) is 0 Å². The van der Waals surface area contributed by atoms with E-state index in [1.807, 2.05) is 17.0 Å². The third-order valence-electron chi connectivity index (χ3n) is 6.43. The van der Waals surface area contributed by atoms with Crippen LogP contribution in [0.2, 0.25) is 0 Å². The molecule has 1 fully saturated rings. The summed E-state index contributed by atoms with van der Waals surface area (Å²) in [6.07, 6.45) is 6.56. The lowest BCUT2D eigenvalue weighted by atomic mass is 9.76. The van der Waals surface area contributed by atoms with Crippen LogP contribution in [0.5, 0.6) is 5.75 Å². The number of aromatic hydroxyl groups is 1. The van der Waals surface area contributed by atoms with Crippen LogP contribution in [0.15, 0.2) is 53.6 Å². The molecule has 3 heterocycles. The summed E-state index contributed by atoms with van der Waals surface area (Å²) in [6, 6.07) is 10.1. The molecule has 30 heavy (non-hydrogen) atoms. The quantitative estimate of drug-likeness (QED) is 0.687. The molecule has 1 aliphatic carbocycles. The van der Waals surface area contributed by atoms with Gasteiger partial charge in [-0.1, -0.05) is 0 Å². The highest BCUT2D eigenvalue weighted by Gasteiger charge is 2.44. The van der Waals surface area contributed by atoms with E-state index >= 15 is 0 Å². The number of pyridine rings is 1. The van der Waals surface area contributed by atoms with Gasteiger partial charge in [0.1, 0.15) is 11.6 Å². The smallest absolute Gasteiger partial charge is 0.254 e. The molecule has 0 bridgehead atoms. The maximum atomic E-state index is 12.8. The van der Waals surface area contributed by atoms with Crippen LogP contribution in [0.1, 0.15) is 40.9 Å². The topological polar surface area (TPSA) is 99.2 Å². The lowest BCUT2D eigenvalue weighted by Gasteiger charge is -2.39. The van der Waals surface area contributed by atoms with Crippen molar-refractivity contribution in [3.8, 4) is 17.1 Å². The van der Waals surface area contributed by atoms with Crippen molar-refractivity contribution in [1.82, 2.24) is 19.9 Å². The second-order valence-corrected chi connectivity index (χ2v) is 8.10. The molecular weight excluding hydrogens is 380 g/mol. The maximum Gasteiger partial charge on any atom is 0.254 e. The van der Waals surface area contributed by atoms with Crippen molar-refractivity contribution in [2.75, 3.05) is 13.1 Å². The summed E-state index contributed by atoms with van der Waals surface area (Å²) >= 11 is 0. The van der Waals surface area contributed by atoms with Crippen molar-refractivity contribution < 1.29 is 9.90 Å². The Morgan fingerprint density at radius 1 is 1.10 bits per heavy atom. The van der Waals surface area contributed by atoms with Crippen molar-refractivity contribution in [2.24, 2.45) is 0 Å². The minimum absolute atomic E-state index is 0.0296. The third kappa shape index (κ3) is 3.07. The number of fused-ring (bicyclic) bond motifs is 2. The molecule has 152 valence electrons. The van der Waals surface area contributed by atoms with E-state index in [1.54, 1.807) is 24.5 Å². The summed E-state index contributed by atoms with van der Waals surface area (Å²) < 4.78 is 0. The zero-order chi connectivity index (χ0) is 20.7. The number of aromatic amines is 1. The van der Waals surface area contributed by atoms with Gasteiger partial charge >= 0.3 is 0 Å². The van der Waals surface area contributed by atoms with Gasteiger partial charge in [0.05, 0.1) is 5.69 Å². The third-order valence-corrected chi connectivity index (χ3v) is 6.43. The first kappa shape index (κ1) is 18.5. The molecule has 7 heteroatoms. The van der Waals surface area contributed by atoms with E-state index in [2.05, 4.69) is 9.97 Å². The number of amides is 1. The molecule has 1 aromatic carbocycles. The fourth-order valence-electron chi connectivity index (χ4n) is 4.70. The minimum Gasteiger partial charge on any atom is -0.508 e. The number of carbonyl (C=O) groups is 1. The number of hydrogen-bond acceptors (Lipinski definition) is 5. The standard InChI is InChI=1S/C23H22N4O3/c28-17-5-3-15(4-6-17)22(30)27-12-9-23(10-13-27)8-7-18-19(23)25-20(26-21(18)29)16-2-1-11-24-14-16/h1-6,11,14,28H,7-10,12-13H2,(H,25,26,29). The summed E-state index contributed by atoms with van der Waals surface area (Å²) in [7, 11) is 0. The number of phenolic OH excluding ortho intramolecular Hbond substituents is 1. The average molecular weight is 402 g/mol. The minimum atomic E-state index is -0.160. The van der Waals surface area contributed by atoms with Crippen LogP contribution < -0.4 is 5.56 Å². The SMILES string of the molecule is O=C(c1ccc(O)cc1)N1CCC2(CCc3c2nc(-c2cccnc2)[nH]c3=O)CC1. The second kappa shape index (κ2) is 7.09. The fraction of sp³-hybridized carbons (Fsp3) is 0.304. The molecule has 1 saturated heterocycles. The summed E-state index contributed by atoms with van der Waals surface area (Å²) in [4.78, 5) is 39.3. The Morgan fingerprint density at radius 3 is 2.57 bits per heavy atom. The number of benzene rings is 1. The zero-order valence-corrected chi connectivity index (χ0v) is 16.5. The van der Waals surface area contributed by atoms with Gasteiger partial charge in [-0.25, -0.2) is 4.98 Å². The van der Waals surface area contributed by atoms with Crippen LogP contribution in [0.3, 0.4) is 0 Å². The Hall–Kier alpha value is -3.48. The Morgan fingerprint density at radius 2 is 1.87 bits per heavy atom. The molecule has 0 radical (unpaired) electrons. The molecule has 0 saturated carbocycles. The van der Waals surface area contributed by atoms with Crippen LogP contribution in [-0.2, 0) is 11.8 Å². The number of carbonyl (C=O) groups excluding carboxylic acids is 1. The molecule has 1 amide bonds. The van der Waals surface area contributed by atoms with E-state index in [0.717, 1.165) is 42.5 Å². The fourth-order valence-corrected chi connectivity index (χ4v) is 4.70. The number of nitrogens with one attached hydrogen (secondary N) is 1. The van der Waals surface area contributed by atoms with Gasteiger partial charge < -0.3 is 15.0 Å². The summed E-state index contributed by atoms with van der Waals surface area (Å²) in [5.41, 5.74) is 2.80. The summed E-state index contributed by atoms with van der Waals surface area (Å²) in [6.45, 7) is 1.24. The number of phenols is 1. The monoisotopic (exact) mass is 402 g/mol. The molecule has 5 rings (SSSR count). The maximum absolute atomic E-state index is 12.8. The highest BCUT2D eigenvalue weighted by molar-refractivity contribution is 5.94. The number of likely N-dealkylation sites (tertiary alicyclic amines) is 1. The number of rotatable bonds is 2. The molecule has 1 spiro atoms. The molecule has 0 unspecified atom stereocenters. The van der Waals surface area contributed by atoms with Gasteiger partial charge in [-0.3, -0.25) is 14.6 Å². The van der Waals surface area contributed by atoms with Crippen molar-refractivity contribution in [3.05, 3.63) is 76.0 Å². The number of aromatic nitrogens is 3. The number of nitrogens with zero attached hydrogens (tertiary/aromatic N) is 3. The zero-order valence-electron chi connectivity index (χ0n) is 16.5. The molecule has 3 aromatic rings. The molecular formula is C23H22N4O3. The Bertz CT molecular complexity index is 1150. The number of hydrogen-bond donors (Lipinski definition) is 2. The van der Waals surface area contributed by atoms with Crippen LogP contribution >= 0.6 is 0 Å². The first-order chi connectivity index (χ1) is 14.6. The van der Waals surface area contributed by atoms with E-state index < -0.39 is 0 Å². The van der Waals surface area contributed by atoms with Gasteiger partial charge in [0, 0.05) is 47.6 Å². The predicted molar refractivity (Wildman–Crippen MR) is 111 cm³/mol. The van der Waals surface area contributed by atoms with Gasteiger partial charge in [-0.15, -0.1) is 0 Å². The number of piperidine rings is 1. The Kier molecular flexibility index (Phi) is 4.38. The Balaban J connectivity index is 1.41. The van der Waals surface area contributed by atoms with Crippen LogP contribution in [0.25, 0.3) is 11.4 Å². The molecule has 2 aliphatic rings. The van der Waals surface area contributed by atoms with Gasteiger partial charge in [0.15, 0.2) is 0 Å².